The summed E-state index contributed by atoms with van der Waals surface area (Å²) in [7, 11) is 1.99. The van der Waals surface area contributed by atoms with Crippen LogP contribution in [0.25, 0.3) is 0 Å². The fourth-order valence-corrected chi connectivity index (χ4v) is 2.85. The fraction of sp³-hybridized carbons (Fsp3) is 0.600. The van der Waals surface area contributed by atoms with E-state index < -0.39 is 0 Å². The maximum absolute atomic E-state index is 12.9. The lowest BCUT2D eigenvalue weighted by Gasteiger charge is -2.29. The monoisotopic (exact) mass is 251 g/mol. The molecule has 1 aromatic rings. The van der Waals surface area contributed by atoms with Gasteiger partial charge in [0.1, 0.15) is 5.82 Å². The normalized spacial score (nSPS) is 26.3. The molecule has 1 aromatic carbocycles. The van der Waals surface area contributed by atoms with Gasteiger partial charge in [0, 0.05) is 25.2 Å². The van der Waals surface area contributed by atoms with Crippen LogP contribution in [-0.4, -0.2) is 24.8 Å². The third kappa shape index (κ3) is 2.66. The van der Waals surface area contributed by atoms with E-state index in [4.69, 9.17) is 0 Å². The molecule has 1 fully saturated rings. The first-order valence-corrected chi connectivity index (χ1v) is 6.55. The molecule has 2 atom stereocenters. The number of hydrogen-bond donors (Lipinski definition) is 1. The highest BCUT2D eigenvalue weighted by Crippen LogP contribution is 2.41. The number of halogens is 1. The Hall–Kier alpha value is -1.09. The molecule has 0 bridgehead atoms. The van der Waals surface area contributed by atoms with Gasteiger partial charge in [-0.3, -0.25) is 0 Å². The van der Waals surface area contributed by atoms with Gasteiger partial charge in [-0.2, -0.15) is 0 Å². The first-order valence-electron chi connectivity index (χ1n) is 6.55. The van der Waals surface area contributed by atoms with Crippen molar-refractivity contribution in [2.24, 2.45) is 11.3 Å². The molecule has 1 saturated carbocycles. The van der Waals surface area contributed by atoms with Crippen LogP contribution in [-0.2, 0) is 0 Å². The first kappa shape index (κ1) is 13.3. The Morgan fingerprint density at radius 1 is 1.33 bits per heavy atom. The number of hydrogen-bond acceptors (Lipinski definition) is 2. The van der Waals surface area contributed by atoms with Gasteiger partial charge in [0.05, 0.1) is 6.10 Å². The quantitative estimate of drug-likeness (QED) is 0.892. The number of aliphatic hydroxyl groups excluding tert-OH is 1. The molecular weight excluding hydrogens is 229 g/mol. The highest BCUT2D eigenvalue weighted by Gasteiger charge is 2.40. The van der Waals surface area contributed by atoms with E-state index in [9.17, 15) is 9.50 Å². The molecule has 1 aliphatic rings. The standard InChI is InChI=1S/C15H22FNO/c1-15(2)9-8-11(14(15)18)10-17(3)13-6-4-12(16)5-7-13/h4-7,11,14,18H,8-10H2,1-3H3. The molecule has 18 heavy (non-hydrogen) atoms. The molecule has 0 spiro atoms. The summed E-state index contributed by atoms with van der Waals surface area (Å²) in [6.07, 6.45) is 1.87. The summed E-state index contributed by atoms with van der Waals surface area (Å²) in [5.41, 5.74) is 1.02. The third-order valence-corrected chi connectivity index (χ3v) is 4.18. The summed E-state index contributed by atoms with van der Waals surface area (Å²) in [6.45, 7) is 5.06. The van der Waals surface area contributed by atoms with Crippen molar-refractivity contribution in [1.29, 1.82) is 0 Å². The molecule has 1 aliphatic carbocycles. The second-order valence-electron chi connectivity index (χ2n) is 6.09. The molecule has 0 saturated heterocycles. The minimum atomic E-state index is -0.250. The lowest BCUT2D eigenvalue weighted by Crippen LogP contribution is -2.34. The van der Waals surface area contributed by atoms with Crippen LogP contribution < -0.4 is 4.90 Å². The van der Waals surface area contributed by atoms with Gasteiger partial charge in [0.2, 0.25) is 0 Å². The number of rotatable bonds is 3. The van der Waals surface area contributed by atoms with Crippen LogP contribution in [0, 0.1) is 17.2 Å². The van der Waals surface area contributed by atoms with E-state index in [0.29, 0.717) is 5.92 Å². The van der Waals surface area contributed by atoms with Crippen LogP contribution in [0.1, 0.15) is 26.7 Å². The number of aliphatic hydroxyl groups is 1. The molecule has 0 aliphatic heterocycles. The SMILES string of the molecule is CN(CC1CCC(C)(C)C1O)c1ccc(F)cc1. The van der Waals surface area contributed by atoms with Gasteiger partial charge in [0.25, 0.3) is 0 Å². The maximum atomic E-state index is 12.9. The average molecular weight is 251 g/mol. The minimum Gasteiger partial charge on any atom is -0.392 e. The van der Waals surface area contributed by atoms with Gasteiger partial charge in [-0.05, 0) is 42.5 Å². The second-order valence-corrected chi connectivity index (χ2v) is 6.09. The number of benzene rings is 1. The lowest BCUT2D eigenvalue weighted by atomic mass is 9.87. The van der Waals surface area contributed by atoms with Crippen LogP contribution in [0.4, 0.5) is 10.1 Å². The Kier molecular flexibility index (Phi) is 3.62. The van der Waals surface area contributed by atoms with E-state index in [1.807, 2.05) is 7.05 Å². The summed E-state index contributed by atoms with van der Waals surface area (Å²) >= 11 is 0. The van der Waals surface area contributed by atoms with E-state index >= 15 is 0 Å². The van der Waals surface area contributed by atoms with Crippen LogP contribution in [0.2, 0.25) is 0 Å². The Morgan fingerprint density at radius 3 is 2.44 bits per heavy atom. The van der Waals surface area contributed by atoms with Crippen LogP contribution in [0.5, 0.6) is 0 Å². The molecule has 0 aromatic heterocycles. The van der Waals surface area contributed by atoms with Crippen molar-refractivity contribution < 1.29 is 9.50 Å². The van der Waals surface area contributed by atoms with Gasteiger partial charge >= 0.3 is 0 Å². The van der Waals surface area contributed by atoms with Gasteiger partial charge in [0.15, 0.2) is 0 Å². The fourth-order valence-electron chi connectivity index (χ4n) is 2.85. The number of nitrogens with zero attached hydrogens (tertiary/aromatic N) is 1. The molecule has 0 amide bonds. The largest absolute Gasteiger partial charge is 0.392 e. The first-order chi connectivity index (χ1) is 8.40. The van der Waals surface area contributed by atoms with E-state index in [2.05, 4.69) is 18.7 Å². The molecule has 3 heteroatoms. The highest BCUT2D eigenvalue weighted by molar-refractivity contribution is 5.45. The molecule has 2 unspecified atom stereocenters. The average Bonchev–Trinajstić information content (AvgIpc) is 2.57. The molecular formula is C15H22FNO. The van der Waals surface area contributed by atoms with Crippen molar-refractivity contribution in [1.82, 2.24) is 0 Å². The van der Waals surface area contributed by atoms with Crippen LogP contribution >= 0.6 is 0 Å². The molecule has 2 rings (SSSR count). The van der Waals surface area contributed by atoms with Gasteiger partial charge in [-0.1, -0.05) is 13.8 Å². The van der Waals surface area contributed by atoms with Crippen LogP contribution in [0.3, 0.4) is 0 Å². The summed E-state index contributed by atoms with van der Waals surface area (Å²) < 4.78 is 12.9. The number of anilines is 1. The van der Waals surface area contributed by atoms with Gasteiger partial charge in [-0.25, -0.2) is 4.39 Å². The van der Waals surface area contributed by atoms with Gasteiger partial charge < -0.3 is 10.0 Å². The van der Waals surface area contributed by atoms with Crippen molar-refractivity contribution >= 4 is 5.69 Å². The van der Waals surface area contributed by atoms with E-state index in [1.165, 1.54) is 12.1 Å². The van der Waals surface area contributed by atoms with Gasteiger partial charge in [-0.15, -0.1) is 0 Å². The van der Waals surface area contributed by atoms with E-state index in [1.54, 1.807) is 12.1 Å². The molecule has 2 nitrogen and oxygen atoms in total. The van der Waals surface area contributed by atoms with Crippen LogP contribution in [0.15, 0.2) is 24.3 Å². The zero-order valence-corrected chi connectivity index (χ0v) is 11.4. The highest BCUT2D eigenvalue weighted by atomic mass is 19.1. The Morgan fingerprint density at radius 2 is 1.94 bits per heavy atom. The third-order valence-electron chi connectivity index (χ3n) is 4.18. The van der Waals surface area contributed by atoms with Crippen molar-refractivity contribution in [3.05, 3.63) is 30.1 Å². The predicted octanol–water partition coefficient (Wildman–Crippen LogP) is 3.06. The summed E-state index contributed by atoms with van der Waals surface area (Å²) in [5.74, 6) is 0.0873. The zero-order valence-electron chi connectivity index (χ0n) is 11.4. The second kappa shape index (κ2) is 4.88. The summed E-state index contributed by atoms with van der Waals surface area (Å²) in [5, 5.41) is 10.3. The van der Waals surface area contributed by atoms with Crippen molar-refractivity contribution in [2.45, 2.75) is 32.8 Å². The maximum Gasteiger partial charge on any atom is 0.123 e. The molecule has 100 valence electrons. The summed E-state index contributed by atoms with van der Waals surface area (Å²) in [4.78, 5) is 2.09. The molecule has 0 heterocycles. The van der Waals surface area contributed by atoms with Crippen molar-refractivity contribution in [2.75, 3.05) is 18.5 Å². The van der Waals surface area contributed by atoms with Crippen molar-refractivity contribution in [3.8, 4) is 0 Å². The smallest absolute Gasteiger partial charge is 0.123 e. The predicted molar refractivity (Wildman–Crippen MR) is 72.2 cm³/mol. The Bertz CT molecular complexity index is 401. The minimum absolute atomic E-state index is 0.0221. The van der Waals surface area contributed by atoms with E-state index in [0.717, 1.165) is 25.1 Å². The van der Waals surface area contributed by atoms with E-state index in [-0.39, 0.29) is 17.3 Å². The molecule has 1 N–H and O–H groups in total. The Labute approximate surface area is 108 Å². The topological polar surface area (TPSA) is 23.5 Å². The van der Waals surface area contributed by atoms with Crippen molar-refractivity contribution in [3.63, 3.8) is 0 Å². The molecule has 0 radical (unpaired) electrons. The zero-order chi connectivity index (χ0) is 13.3. The lowest BCUT2D eigenvalue weighted by molar-refractivity contribution is 0.0484. The summed E-state index contributed by atoms with van der Waals surface area (Å²) in [6, 6.07) is 6.51. The Balaban J connectivity index is 2.00.